The largest absolute Gasteiger partial charge is 0.494 e. The lowest BCUT2D eigenvalue weighted by molar-refractivity contribution is 0.103. The van der Waals surface area contributed by atoms with Crippen LogP contribution in [0.3, 0.4) is 0 Å². The van der Waals surface area contributed by atoms with E-state index in [0.717, 1.165) is 9.87 Å². The number of aryl methyl sites for hydroxylation is 1. The zero-order valence-electron chi connectivity index (χ0n) is 16.4. The number of nitrogens with zero attached hydrogens (tertiary/aromatic N) is 1. The van der Waals surface area contributed by atoms with Crippen molar-refractivity contribution in [3.63, 3.8) is 0 Å². The van der Waals surface area contributed by atoms with Crippen LogP contribution in [0.2, 0.25) is 0 Å². The maximum absolute atomic E-state index is 13.0. The summed E-state index contributed by atoms with van der Waals surface area (Å²) in [7, 11) is -2.33. The van der Waals surface area contributed by atoms with Gasteiger partial charge in [-0.25, -0.2) is 8.42 Å². The van der Waals surface area contributed by atoms with E-state index >= 15 is 0 Å². The number of anilines is 2. The Kier molecular flexibility index (Phi) is 6.24. The number of sulfonamides is 1. The van der Waals surface area contributed by atoms with Gasteiger partial charge in [0.15, 0.2) is 0 Å². The number of carbonyl (C=O) groups is 1. The van der Waals surface area contributed by atoms with Gasteiger partial charge < -0.3 is 10.1 Å². The van der Waals surface area contributed by atoms with Gasteiger partial charge in [-0.05, 0) is 61.7 Å². The molecule has 1 aromatic heterocycles. The number of hydrogen-bond acceptors (Lipinski definition) is 5. The average Bonchev–Trinajstić information content (AvgIpc) is 3.19. The van der Waals surface area contributed by atoms with Gasteiger partial charge in [0, 0.05) is 12.7 Å². The van der Waals surface area contributed by atoms with Crippen molar-refractivity contribution in [1.29, 1.82) is 0 Å². The Labute approximate surface area is 174 Å². The van der Waals surface area contributed by atoms with Crippen LogP contribution >= 0.6 is 11.3 Å². The van der Waals surface area contributed by atoms with Gasteiger partial charge in [0.1, 0.15) is 10.6 Å². The Morgan fingerprint density at radius 3 is 2.34 bits per heavy atom. The van der Waals surface area contributed by atoms with Crippen LogP contribution in [0.1, 0.15) is 22.2 Å². The molecule has 0 saturated heterocycles. The van der Waals surface area contributed by atoms with Gasteiger partial charge in [-0.15, -0.1) is 11.3 Å². The van der Waals surface area contributed by atoms with E-state index in [-0.39, 0.29) is 10.8 Å². The number of amides is 1. The quantitative estimate of drug-likeness (QED) is 0.597. The molecule has 0 bridgehead atoms. The lowest BCUT2D eigenvalue weighted by atomic mass is 10.2. The Balaban J connectivity index is 1.82. The molecular formula is C21H22N2O4S2. The summed E-state index contributed by atoms with van der Waals surface area (Å²) >= 11 is 1.19. The van der Waals surface area contributed by atoms with E-state index in [1.165, 1.54) is 18.4 Å². The van der Waals surface area contributed by atoms with Crippen molar-refractivity contribution in [2.45, 2.75) is 18.7 Å². The van der Waals surface area contributed by atoms with Crippen molar-refractivity contribution < 1.29 is 17.9 Å². The highest BCUT2D eigenvalue weighted by Crippen LogP contribution is 2.30. The van der Waals surface area contributed by atoms with Crippen molar-refractivity contribution in [1.82, 2.24) is 0 Å². The number of benzene rings is 2. The summed E-state index contributed by atoms with van der Waals surface area (Å²) in [5.74, 6) is 0.344. The average molecular weight is 431 g/mol. The molecule has 1 N–H and O–H groups in total. The maximum Gasteiger partial charge on any atom is 0.267 e. The van der Waals surface area contributed by atoms with Crippen molar-refractivity contribution in [2.75, 3.05) is 23.3 Å². The summed E-state index contributed by atoms with van der Waals surface area (Å²) in [5, 5.41) is 4.50. The minimum Gasteiger partial charge on any atom is -0.494 e. The predicted octanol–water partition coefficient (Wildman–Crippen LogP) is 4.53. The fourth-order valence-corrected chi connectivity index (χ4v) is 4.79. The van der Waals surface area contributed by atoms with Gasteiger partial charge in [0.25, 0.3) is 15.9 Å². The minimum atomic E-state index is -3.78. The van der Waals surface area contributed by atoms with Crippen LogP contribution in [0.25, 0.3) is 0 Å². The molecule has 0 fully saturated rings. The van der Waals surface area contributed by atoms with Gasteiger partial charge in [-0.3, -0.25) is 9.10 Å². The molecule has 0 aliphatic carbocycles. The Morgan fingerprint density at radius 1 is 1.07 bits per heavy atom. The third-order valence-corrected chi connectivity index (χ3v) is 6.98. The topological polar surface area (TPSA) is 75.7 Å². The normalized spacial score (nSPS) is 11.1. The first kappa shape index (κ1) is 20.9. The molecule has 0 aliphatic rings. The molecule has 0 unspecified atom stereocenters. The number of thiophene rings is 1. The van der Waals surface area contributed by atoms with Gasteiger partial charge in [0.2, 0.25) is 0 Å². The number of nitrogens with one attached hydrogen (secondary N) is 1. The second kappa shape index (κ2) is 8.67. The van der Waals surface area contributed by atoms with E-state index in [9.17, 15) is 13.2 Å². The van der Waals surface area contributed by atoms with E-state index in [4.69, 9.17) is 4.74 Å². The molecule has 1 heterocycles. The zero-order chi connectivity index (χ0) is 21.0. The van der Waals surface area contributed by atoms with Crippen molar-refractivity contribution >= 4 is 38.6 Å². The minimum absolute atomic E-state index is 0.176. The molecule has 0 saturated carbocycles. The number of rotatable bonds is 7. The first-order chi connectivity index (χ1) is 13.8. The van der Waals surface area contributed by atoms with E-state index in [1.54, 1.807) is 60.0 Å². The lowest BCUT2D eigenvalue weighted by Gasteiger charge is -2.20. The highest BCUT2D eigenvalue weighted by molar-refractivity contribution is 7.92. The SMILES string of the molecule is CCOc1ccc(NC(=O)c2sccc2N(C)S(=O)(=O)c2ccc(C)cc2)cc1. The molecule has 3 aromatic rings. The molecule has 6 nitrogen and oxygen atoms in total. The second-order valence-corrected chi connectivity index (χ2v) is 9.22. The standard InChI is InChI=1S/C21H22N2O4S2/c1-4-27-17-9-7-16(8-10-17)22-21(24)20-19(13-14-28-20)23(3)29(25,26)18-11-5-15(2)6-12-18/h5-14H,4H2,1-3H3,(H,22,24). The van der Waals surface area contributed by atoms with E-state index in [2.05, 4.69) is 5.32 Å². The summed E-state index contributed by atoms with van der Waals surface area (Å²) in [5.41, 5.74) is 1.90. The first-order valence-electron chi connectivity index (χ1n) is 9.00. The highest BCUT2D eigenvalue weighted by Gasteiger charge is 2.26. The summed E-state index contributed by atoms with van der Waals surface area (Å²) in [6, 6.07) is 15.3. The number of carbonyl (C=O) groups excluding carboxylic acids is 1. The molecule has 2 aromatic carbocycles. The van der Waals surface area contributed by atoms with E-state index in [1.807, 2.05) is 13.8 Å². The van der Waals surface area contributed by atoms with Crippen LogP contribution in [0.15, 0.2) is 64.9 Å². The fourth-order valence-electron chi connectivity index (χ4n) is 2.71. The van der Waals surface area contributed by atoms with Crippen molar-refractivity contribution in [3.05, 3.63) is 70.4 Å². The van der Waals surface area contributed by atoms with Crippen LogP contribution in [0, 0.1) is 6.92 Å². The molecule has 3 rings (SSSR count). The molecule has 0 spiro atoms. The molecule has 8 heteroatoms. The molecule has 0 aliphatic heterocycles. The van der Waals surface area contributed by atoms with Crippen LogP contribution in [0.4, 0.5) is 11.4 Å². The van der Waals surface area contributed by atoms with Crippen molar-refractivity contribution in [2.24, 2.45) is 0 Å². The summed E-state index contributed by atoms with van der Waals surface area (Å²) in [6.07, 6.45) is 0. The van der Waals surface area contributed by atoms with Crippen LogP contribution < -0.4 is 14.4 Å². The van der Waals surface area contributed by atoms with Gasteiger partial charge in [-0.2, -0.15) is 0 Å². The van der Waals surface area contributed by atoms with Gasteiger partial charge >= 0.3 is 0 Å². The smallest absolute Gasteiger partial charge is 0.267 e. The molecule has 0 atom stereocenters. The number of hydrogen-bond donors (Lipinski definition) is 1. The first-order valence-corrected chi connectivity index (χ1v) is 11.3. The Hall–Kier alpha value is -2.84. The highest BCUT2D eigenvalue weighted by atomic mass is 32.2. The molecular weight excluding hydrogens is 408 g/mol. The van der Waals surface area contributed by atoms with Gasteiger partial charge in [0.05, 0.1) is 17.2 Å². The van der Waals surface area contributed by atoms with Crippen LogP contribution in [0.5, 0.6) is 5.75 Å². The van der Waals surface area contributed by atoms with Crippen LogP contribution in [-0.4, -0.2) is 28.0 Å². The molecule has 1 amide bonds. The van der Waals surface area contributed by atoms with Crippen LogP contribution in [-0.2, 0) is 10.0 Å². The molecule has 0 radical (unpaired) electrons. The number of ether oxygens (including phenoxy) is 1. The van der Waals surface area contributed by atoms with Crippen molar-refractivity contribution in [3.8, 4) is 5.75 Å². The van der Waals surface area contributed by atoms with Gasteiger partial charge in [-0.1, -0.05) is 17.7 Å². The molecule has 29 heavy (non-hydrogen) atoms. The van der Waals surface area contributed by atoms with E-state index in [0.29, 0.717) is 28.6 Å². The Morgan fingerprint density at radius 2 is 1.72 bits per heavy atom. The van der Waals surface area contributed by atoms with E-state index < -0.39 is 10.0 Å². The zero-order valence-corrected chi connectivity index (χ0v) is 18.0. The summed E-state index contributed by atoms with van der Waals surface area (Å²) < 4.78 is 32.4. The third-order valence-electron chi connectivity index (χ3n) is 4.29. The summed E-state index contributed by atoms with van der Waals surface area (Å²) in [4.78, 5) is 13.3. The fraction of sp³-hybridized carbons (Fsp3) is 0.190. The third kappa shape index (κ3) is 4.60. The second-order valence-electron chi connectivity index (χ2n) is 6.33. The molecule has 152 valence electrons. The Bertz CT molecular complexity index is 1090. The predicted molar refractivity (Wildman–Crippen MR) is 117 cm³/mol. The maximum atomic E-state index is 13.0. The monoisotopic (exact) mass is 430 g/mol. The lowest BCUT2D eigenvalue weighted by Crippen LogP contribution is -2.28. The summed E-state index contributed by atoms with van der Waals surface area (Å²) in [6.45, 7) is 4.35.